The molecule has 0 aliphatic heterocycles. The van der Waals surface area contributed by atoms with Crippen molar-refractivity contribution in [1.29, 1.82) is 0 Å². The fraction of sp³-hybridized carbons (Fsp3) is 0.417. The maximum absolute atomic E-state index is 10.4. The smallest absolute Gasteiger partial charge is 0.303 e. The highest BCUT2D eigenvalue weighted by atomic mass is 79.9. The Morgan fingerprint density at radius 1 is 1.59 bits per heavy atom. The maximum Gasteiger partial charge on any atom is 0.303 e. The van der Waals surface area contributed by atoms with Gasteiger partial charge in [0.15, 0.2) is 0 Å². The molecule has 0 saturated carbocycles. The van der Waals surface area contributed by atoms with E-state index in [1.165, 1.54) is 0 Å². The summed E-state index contributed by atoms with van der Waals surface area (Å²) in [5, 5.41) is 11.8. The van der Waals surface area contributed by atoms with Gasteiger partial charge in [0.2, 0.25) is 0 Å². The summed E-state index contributed by atoms with van der Waals surface area (Å²) < 4.78 is 6.08. The highest BCUT2D eigenvalue weighted by Gasteiger charge is 2.07. The summed E-state index contributed by atoms with van der Waals surface area (Å²) in [6.45, 7) is 1.96. The van der Waals surface area contributed by atoms with Gasteiger partial charge < -0.3 is 15.2 Å². The van der Waals surface area contributed by atoms with Crippen molar-refractivity contribution in [2.24, 2.45) is 0 Å². The Labute approximate surface area is 109 Å². The number of carbonyl (C=O) groups is 1. The molecule has 0 aromatic heterocycles. The molecule has 0 fully saturated rings. The second-order valence-electron chi connectivity index (χ2n) is 3.83. The van der Waals surface area contributed by atoms with Gasteiger partial charge in [0.05, 0.1) is 11.6 Å². The summed E-state index contributed by atoms with van der Waals surface area (Å²) in [7, 11) is 1.61. The molecular formula is C12H16BrNO3. The molecule has 17 heavy (non-hydrogen) atoms. The minimum Gasteiger partial charge on any atom is -0.495 e. The molecular weight excluding hydrogens is 286 g/mol. The molecule has 1 rings (SSSR count). The van der Waals surface area contributed by atoms with E-state index < -0.39 is 5.97 Å². The molecule has 0 bridgehead atoms. The molecule has 1 unspecified atom stereocenters. The Morgan fingerprint density at radius 3 is 2.88 bits per heavy atom. The van der Waals surface area contributed by atoms with Gasteiger partial charge in [0.1, 0.15) is 5.75 Å². The molecule has 0 aliphatic carbocycles. The van der Waals surface area contributed by atoms with Crippen molar-refractivity contribution >= 4 is 27.6 Å². The molecule has 0 aliphatic rings. The third-order valence-corrected chi connectivity index (χ3v) is 3.01. The van der Waals surface area contributed by atoms with Gasteiger partial charge in [-0.2, -0.15) is 0 Å². The number of methoxy groups -OCH3 is 1. The molecule has 1 aromatic carbocycles. The third-order valence-electron chi connectivity index (χ3n) is 2.36. The molecule has 2 N–H and O–H groups in total. The Morgan fingerprint density at radius 2 is 2.29 bits per heavy atom. The SMILES string of the molecule is COc1cc(NC(C)CCC(=O)O)ccc1Br. The van der Waals surface area contributed by atoms with Crippen LogP contribution in [0, 0.1) is 0 Å². The monoisotopic (exact) mass is 301 g/mol. The first-order valence-corrected chi connectivity index (χ1v) is 6.14. The third kappa shape index (κ3) is 4.65. The number of halogens is 1. The molecule has 0 saturated heterocycles. The van der Waals surface area contributed by atoms with Crippen molar-refractivity contribution in [1.82, 2.24) is 0 Å². The number of aliphatic carboxylic acids is 1. The number of carboxylic acids is 1. The number of anilines is 1. The van der Waals surface area contributed by atoms with Gasteiger partial charge in [-0.3, -0.25) is 4.79 Å². The van der Waals surface area contributed by atoms with Crippen LogP contribution in [-0.2, 0) is 4.79 Å². The molecule has 1 aromatic rings. The lowest BCUT2D eigenvalue weighted by Gasteiger charge is -2.15. The summed E-state index contributed by atoms with van der Waals surface area (Å²) >= 11 is 3.38. The van der Waals surface area contributed by atoms with Gasteiger partial charge in [-0.05, 0) is 41.4 Å². The summed E-state index contributed by atoms with van der Waals surface area (Å²) in [5.74, 6) is -0.0209. The largest absolute Gasteiger partial charge is 0.495 e. The van der Waals surface area contributed by atoms with Gasteiger partial charge in [-0.25, -0.2) is 0 Å². The van der Waals surface area contributed by atoms with E-state index in [1.807, 2.05) is 25.1 Å². The van der Waals surface area contributed by atoms with Crippen molar-refractivity contribution in [3.63, 3.8) is 0 Å². The zero-order valence-electron chi connectivity index (χ0n) is 9.87. The van der Waals surface area contributed by atoms with E-state index in [4.69, 9.17) is 9.84 Å². The summed E-state index contributed by atoms with van der Waals surface area (Å²) in [6.07, 6.45) is 0.759. The zero-order valence-corrected chi connectivity index (χ0v) is 11.5. The van der Waals surface area contributed by atoms with Gasteiger partial charge in [0.25, 0.3) is 0 Å². The first-order valence-electron chi connectivity index (χ1n) is 5.34. The lowest BCUT2D eigenvalue weighted by molar-refractivity contribution is -0.137. The van der Waals surface area contributed by atoms with Crippen molar-refractivity contribution < 1.29 is 14.6 Å². The number of benzene rings is 1. The van der Waals surface area contributed by atoms with Crippen LogP contribution < -0.4 is 10.1 Å². The fourth-order valence-corrected chi connectivity index (χ4v) is 1.85. The van der Waals surface area contributed by atoms with Gasteiger partial charge in [-0.15, -0.1) is 0 Å². The molecule has 0 radical (unpaired) electrons. The zero-order chi connectivity index (χ0) is 12.8. The molecule has 0 amide bonds. The molecule has 1 atom stereocenters. The van der Waals surface area contributed by atoms with Crippen LogP contribution in [0.25, 0.3) is 0 Å². The van der Waals surface area contributed by atoms with Crippen LogP contribution in [0.15, 0.2) is 22.7 Å². The summed E-state index contributed by atoms with van der Waals surface area (Å²) in [4.78, 5) is 10.4. The van der Waals surface area contributed by atoms with E-state index in [1.54, 1.807) is 7.11 Å². The second kappa shape index (κ2) is 6.49. The first-order chi connectivity index (χ1) is 8.02. The number of nitrogens with one attached hydrogen (secondary N) is 1. The molecule has 4 nitrogen and oxygen atoms in total. The van der Waals surface area contributed by atoms with E-state index >= 15 is 0 Å². The predicted octanol–water partition coefficient (Wildman–Crippen LogP) is 3.12. The summed E-state index contributed by atoms with van der Waals surface area (Å²) in [5.41, 5.74) is 0.919. The fourth-order valence-electron chi connectivity index (χ4n) is 1.45. The minimum atomic E-state index is -0.771. The standard InChI is InChI=1S/C12H16BrNO3/c1-8(3-6-12(15)16)14-9-4-5-10(13)11(7-9)17-2/h4-5,7-8,14H,3,6H2,1-2H3,(H,15,16). The van der Waals surface area contributed by atoms with Crippen LogP contribution in [0.1, 0.15) is 19.8 Å². The van der Waals surface area contributed by atoms with E-state index in [2.05, 4.69) is 21.2 Å². The van der Waals surface area contributed by atoms with E-state index in [0.717, 1.165) is 15.9 Å². The quantitative estimate of drug-likeness (QED) is 0.847. The molecule has 0 heterocycles. The number of hydrogen-bond acceptors (Lipinski definition) is 3. The lowest BCUT2D eigenvalue weighted by atomic mass is 10.1. The van der Waals surface area contributed by atoms with Crippen molar-refractivity contribution in [2.75, 3.05) is 12.4 Å². The highest BCUT2D eigenvalue weighted by Crippen LogP contribution is 2.28. The number of rotatable bonds is 6. The van der Waals surface area contributed by atoms with E-state index in [0.29, 0.717) is 6.42 Å². The molecule has 5 heteroatoms. The van der Waals surface area contributed by atoms with Crippen LogP contribution in [0.2, 0.25) is 0 Å². The Balaban J connectivity index is 2.59. The van der Waals surface area contributed by atoms with E-state index in [-0.39, 0.29) is 12.5 Å². The second-order valence-corrected chi connectivity index (χ2v) is 4.68. The van der Waals surface area contributed by atoms with Crippen LogP contribution >= 0.6 is 15.9 Å². The predicted molar refractivity (Wildman–Crippen MR) is 70.6 cm³/mol. The van der Waals surface area contributed by atoms with Gasteiger partial charge >= 0.3 is 5.97 Å². The van der Waals surface area contributed by atoms with E-state index in [9.17, 15) is 4.79 Å². The normalized spacial score (nSPS) is 11.9. The number of ether oxygens (including phenoxy) is 1. The average Bonchev–Trinajstić information content (AvgIpc) is 2.29. The topological polar surface area (TPSA) is 58.6 Å². The summed E-state index contributed by atoms with van der Waals surface area (Å²) in [6, 6.07) is 5.80. The number of hydrogen-bond donors (Lipinski definition) is 2. The minimum absolute atomic E-state index is 0.108. The average molecular weight is 302 g/mol. The Kier molecular flexibility index (Phi) is 5.28. The van der Waals surface area contributed by atoms with Crippen LogP contribution in [0.3, 0.4) is 0 Å². The lowest BCUT2D eigenvalue weighted by Crippen LogP contribution is -2.16. The van der Waals surface area contributed by atoms with Gasteiger partial charge in [0, 0.05) is 24.2 Å². The molecule has 0 spiro atoms. The first kappa shape index (κ1) is 13.8. The Hall–Kier alpha value is -1.23. The van der Waals surface area contributed by atoms with Crippen molar-refractivity contribution in [2.45, 2.75) is 25.8 Å². The number of carboxylic acid groups (broad SMARTS) is 1. The van der Waals surface area contributed by atoms with Gasteiger partial charge in [-0.1, -0.05) is 0 Å². The Bertz CT molecular complexity index is 395. The molecule has 94 valence electrons. The highest BCUT2D eigenvalue weighted by molar-refractivity contribution is 9.10. The van der Waals surface area contributed by atoms with Crippen LogP contribution in [-0.4, -0.2) is 24.2 Å². The van der Waals surface area contributed by atoms with Crippen LogP contribution in [0.4, 0.5) is 5.69 Å². The maximum atomic E-state index is 10.4. The van der Waals surface area contributed by atoms with Crippen molar-refractivity contribution in [3.8, 4) is 5.75 Å². The van der Waals surface area contributed by atoms with Crippen LogP contribution in [0.5, 0.6) is 5.75 Å². The van der Waals surface area contributed by atoms with Crippen molar-refractivity contribution in [3.05, 3.63) is 22.7 Å².